The van der Waals surface area contributed by atoms with Gasteiger partial charge in [0.1, 0.15) is 0 Å². The van der Waals surface area contributed by atoms with Crippen LogP contribution in [0.5, 0.6) is 0 Å². The van der Waals surface area contributed by atoms with E-state index in [4.69, 9.17) is 5.73 Å². The number of hydrogen-bond acceptors (Lipinski definition) is 4. The van der Waals surface area contributed by atoms with Crippen LogP contribution in [0.4, 0.5) is 0 Å². The van der Waals surface area contributed by atoms with E-state index in [-0.39, 0.29) is 6.54 Å². The van der Waals surface area contributed by atoms with Crippen molar-refractivity contribution in [1.82, 2.24) is 9.97 Å². The summed E-state index contributed by atoms with van der Waals surface area (Å²) in [7, 11) is 0. The number of aromatic amines is 1. The lowest BCUT2D eigenvalue weighted by Gasteiger charge is -2.19. The molecule has 1 aromatic rings. The first-order chi connectivity index (χ1) is 5.64. The molecular formula is C7H13N3OS. The van der Waals surface area contributed by atoms with E-state index in [9.17, 15) is 5.11 Å². The fourth-order valence-electron chi connectivity index (χ4n) is 0.612. The average Bonchev–Trinajstić information content (AvgIpc) is 2.53. The fourth-order valence-corrected chi connectivity index (χ4v) is 1.46. The minimum atomic E-state index is -0.808. The second kappa shape index (κ2) is 3.93. The quantitative estimate of drug-likeness (QED) is 0.589. The third-order valence-electron chi connectivity index (χ3n) is 1.43. The number of aliphatic hydroxyl groups is 1. The van der Waals surface area contributed by atoms with Crippen LogP contribution in [0.25, 0.3) is 0 Å². The van der Waals surface area contributed by atoms with Gasteiger partial charge < -0.3 is 15.8 Å². The Morgan fingerprint density at radius 2 is 2.58 bits per heavy atom. The highest BCUT2D eigenvalue weighted by Crippen LogP contribution is 2.17. The minimum absolute atomic E-state index is 0.265. The van der Waals surface area contributed by atoms with Gasteiger partial charge in [-0.05, 0) is 6.92 Å². The van der Waals surface area contributed by atoms with E-state index in [0.717, 1.165) is 5.16 Å². The molecule has 1 unspecified atom stereocenters. The Morgan fingerprint density at radius 3 is 3.08 bits per heavy atom. The molecule has 0 fully saturated rings. The molecule has 1 atom stereocenters. The van der Waals surface area contributed by atoms with Gasteiger partial charge in [-0.25, -0.2) is 4.98 Å². The van der Waals surface area contributed by atoms with Crippen LogP contribution >= 0.6 is 11.8 Å². The highest BCUT2D eigenvalue weighted by Gasteiger charge is 2.18. The van der Waals surface area contributed by atoms with Crippen molar-refractivity contribution in [1.29, 1.82) is 0 Å². The Morgan fingerprint density at radius 1 is 1.83 bits per heavy atom. The topological polar surface area (TPSA) is 74.9 Å². The second-order valence-electron chi connectivity index (χ2n) is 2.88. The molecule has 0 spiro atoms. The van der Waals surface area contributed by atoms with Crippen molar-refractivity contribution >= 4 is 11.8 Å². The molecule has 0 saturated carbocycles. The molecule has 0 aromatic carbocycles. The zero-order valence-electron chi connectivity index (χ0n) is 6.95. The zero-order chi connectivity index (χ0) is 9.03. The number of nitrogens with one attached hydrogen (secondary N) is 1. The van der Waals surface area contributed by atoms with Crippen molar-refractivity contribution in [2.75, 3.05) is 12.3 Å². The first kappa shape index (κ1) is 9.57. The number of thioether (sulfide) groups is 1. The molecular weight excluding hydrogens is 174 g/mol. The largest absolute Gasteiger partial charge is 0.388 e. The number of H-pyrrole nitrogens is 1. The number of aromatic nitrogens is 2. The maximum Gasteiger partial charge on any atom is 0.165 e. The van der Waals surface area contributed by atoms with Gasteiger partial charge in [0.25, 0.3) is 0 Å². The van der Waals surface area contributed by atoms with Crippen molar-refractivity contribution in [2.45, 2.75) is 17.7 Å². The number of nitrogens with two attached hydrogens (primary N) is 1. The highest BCUT2D eigenvalue weighted by atomic mass is 32.2. The molecule has 0 aliphatic carbocycles. The summed E-state index contributed by atoms with van der Waals surface area (Å²) >= 11 is 1.46. The van der Waals surface area contributed by atoms with Gasteiger partial charge in [0, 0.05) is 24.7 Å². The van der Waals surface area contributed by atoms with Crippen LogP contribution in [-0.4, -0.2) is 33.0 Å². The molecule has 0 aliphatic rings. The summed E-state index contributed by atoms with van der Waals surface area (Å²) in [5, 5.41) is 10.3. The van der Waals surface area contributed by atoms with Crippen LogP contribution in [0, 0.1) is 0 Å². The molecule has 0 radical (unpaired) electrons. The molecule has 1 rings (SSSR count). The number of imidazole rings is 1. The van der Waals surface area contributed by atoms with Crippen molar-refractivity contribution in [3.63, 3.8) is 0 Å². The van der Waals surface area contributed by atoms with E-state index in [2.05, 4.69) is 9.97 Å². The normalized spacial score (nSPS) is 15.9. The van der Waals surface area contributed by atoms with Crippen LogP contribution in [0.1, 0.15) is 6.92 Å². The van der Waals surface area contributed by atoms with Gasteiger partial charge in [0.05, 0.1) is 5.60 Å². The molecule has 0 saturated heterocycles. The molecule has 1 aromatic heterocycles. The molecule has 4 N–H and O–H groups in total. The zero-order valence-corrected chi connectivity index (χ0v) is 7.77. The van der Waals surface area contributed by atoms with Crippen LogP contribution in [0.2, 0.25) is 0 Å². The number of hydrogen-bond donors (Lipinski definition) is 3. The van der Waals surface area contributed by atoms with Crippen LogP contribution < -0.4 is 5.73 Å². The van der Waals surface area contributed by atoms with E-state index >= 15 is 0 Å². The van der Waals surface area contributed by atoms with Crippen molar-refractivity contribution in [3.05, 3.63) is 12.4 Å². The second-order valence-corrected chi connectivity index (χ2v) is 3.85. The Kier molecular flexibility index (Phi) is 3.13. The average molecular weight is 187 g/mol. The summed E-state index contributed by atoms with van der Waals surface area (Å²) in [6, 6.07) is 0. The maximum atomic E-state index is 9.53. The molecule has 68 valence electrons. The van der Waals surface area contributed by atoms with Crippen molar-refractivity contribution in [2.24, 2.45) is 5.73 Å². The molecule has 4 nitrogen and oxygen atoms in total. The van der Waals surface area contributed by atoms with Gasteiger partial charge in [-0.3, -0.25) is 0 Å². The smallest absolute Gasteiger partial charge is 0.165 e. The van der Waals surface area contributed by atoms with Gasteiger partial charge in [0.15, 0.2) is 5.16 Å². The van der Waals surface area contributed by atoms with Crippen LogP contribution in [0.15, 0.2) is 17.6 Å². The SMILES string of the molecule is CC(O)(CN)CSc1ncc[nH]1. The summed E-state index contributed by atoms with van der Waals surface area (Å²) in [6.45, 7) is 1.98. The molecule has 12 heavy (non-hydrogen) atoms. The fraction of sp³-hybridized carbons (Fsp3) is 0.571. The summed E-state index contributed by atoms with van der Waals surface area (Å²) in [5.74, 6) is 0.553. The lowest BCUT2D eigenvalue weighted by molar-refractivity contribution is 0.0949. The summed E-state index contributed by atoms with van der Waals surface area (Å²) in [5.41, 5.74) is 4.54. The summed E-state index contributed by atoms with van der Waals surface area (Å²) in [4.78, 5) is 6.94. The van der Waals surface area contributed by atoms with Gasteiger partial charge in [-0.1, -0.05) is 11.8 Å². The van der Waals surface area contributed by atoms with E-state index in [1.54, 1.807) is 19.3 Å². The van der Waals surface area contributed by atoms with E-state index in [0.29, 0.717) is 5.75 Å². The molecule has 0 amide bonds. The number of rotatable bonds is 4. The lowest BCUT2D eigenvalue weighted by Crippen LogP contribution is -2.36. The molecule has 0 aliphatic heterocycles. The standard InChI is InChI=1S/C7H13N3OS/c1-7(11,4-8)5-12-6-9-2-3-10-6/h2-3,11H,4-5,8H2,1H3,(H,9,10). The third kappa shape index (κ3) is 2.84. The van der Waals surface area contributed by atoms with Gasteiger partial charge in [-0.2, -0.15) is 0 Å². The van der Waals surface area contributed by atoms with Crippen LogP contribution in [0.3, 0.4) is 0 Å². The van der Waals surface area contributed by atoms with Crippen molar-refractivity contribution in [3.8, 4) is 0 Å². The van der Waals surface area contributed by atoms with Gasteiger partial charge in [0.2, 0.25) is 0 Å². The highest BCUT2D eigenvalue weighted by molar-refractivity contribution is 7.99. The summed E-state index contributed by atoms with van der Waals surface area (Å²) in [6.07, 6.45) is 3.43. The minimum Gasteiger partial charge on any atom is -0.388 e. The van der Waals surface area contributed by atoms with Crippen LogP contribution in [-0.2, 0) is 0 Å². The van der Waals surface area contributed by atoms with Gasteiger partial charge in [-0.15, -0.1) is 0 Å². The number of nitrogens with zero attached hydrogens (tertiary/aromatic N) is 1. The first-order valence-corrected chi connectivity index (χ1v) is 4.67. The maximum absolute atomic E-state index is 9.53. The van der Waals surface area contributed by atoms with Crippen molar-refractivity contribution < 1.29 is 5.11 Å². The van der Waals surface area contributed by atoms with E-state index < -0.39 is 5.60 Å². The molecule has 0 bridgehead atoms. The Balaban J connectivity index is 2.36. The predicted molar refractivity (Wildman–Crippen MR) is 49.0 cm³/mol. The lowest BCUT2D eigenvalue weighted by atomic mass is 10.1. The van der Waals surface area contributed by atoms with E-state index in [1.165, 1.54) is 11.8 Å². The predicted octanol–water partition coefficient (Wildman–Crippen LogP) is 0.211. The Bertz CT molecular complexity index is 223. The third-order valence-corrected chi connectivity index (χ3v) is 2.70. The Labute approximate surface area is 75.6 Å². The van der Waals surface area contributed by atoms with E-state index in [1.807, 2.05) is 0 Å². The Hall–Kier alpha value is -0.520. The monoisotopic (exact) mass is 187 g/mol. The molecule has 5 heteroatoms. The summed E-state index contributed by atoms with van der Waals surface area (Å²) < 4.78 is 0. The van der Waals surface area contributed by atoms with Gasteiger partial charge >= 0.3 is 0 Å². The first-order valence-electron chi connectivity index (χ1n) is 3.69. The molecule has 1 heterocycles.